The Bertz CT molecular complexity index is 866. The van der Waals surface area contributed by atoms with E-state index in [-0.39, 0.29) is 5.91 Å². The SMILES string of the molecule is CN=Cc1c(N)[nH]c(=S)c(C=NC)c1-c1ccc(NC(C)=O)cc1. The third-order valence-electron chi connectivity index (χ3n) is 3.33. The van der Waals surface area contributed by atoms with Crippen molar-refractivity contribution in [2.45, 2.75) is 6.92 Å². The van der Waals surface area contributed by atoms with Crippen molar-refractivity contribution < 1.29 is 4.79 Å². The number of carbonyl (C=O) groups excluding carboxylic acids is 1. The van der Waals surface area contributed by atoms with E-state index in [4.69, 9.17) is 18.0 Å². The van der Waals surface area contributed by atoms with Crippen LogP contribution in [-0.2, 0) is 4.79 Å². The van der Waals surface area contributed by atoms with Crippen molar-refractivity contribution in [2.24, 2.45) is 9.98 Å². The first-order valence-electron chi connectivity index (χ1n) is 7.26. The maximum Gasteiger partial charge on any atom is 0.221 e. The van der Waals surface area contributed by atoms with Crippen LogP contribution < -0.4 is 11.1 Å². The minimum absolute atomic E-state index is 0.119. The van der Waals surface area contributed by atoms with Gasteiger partial charge >= 0.3 is 0 Å². The number of nitrogens with two attached hydrogens (primary N) is 1. The second-order valence-electron chi connectivity index (χ2n) is 5.10. The summed E-state index contributed by atoms with van der Waals surface area (Å²) in [5, 5.41) is 2.74. The molecule has 0 spiro atoms. The van der Waals surface area contributed by atoms with Gasteiger partial charge in [0.15, 0.2) is 0 Å². The zero-order valence-electron chi connectivity index (χ0n) is 13.8. The van der Waals surface area contributed by atoms with E-state index >= 15 is 0 Å². The molecule has 0 aliphatic rings. The number of aromatic nitrogens is 1. The van der Waals surface area contributed by atoms with Gasteiger partial charge in [-0.3, -0.25) is 14.8 Å². The molecule has 0 saturated heterocycles. The third kappa shape index (κ3) is 3.75. The van der Waals surface area contributed by atoms with Gasteiger partial charge in [-0.2, -0.15) is 0 Å². The second kappa shape index (κ2) is 7.65. The number of anilines is 2. The number of benzene rings is 1. The first kappa shape index (κ1) is 17.6. The number of aliphatic imine (C=N–C) groups is 2. The molecule has 0 saturated carbocycles. The van der Waals surface area contributed by atoms with Gasteiger partial charge in [0, 0.05) is 55.8 Å². The first-order chi connectivity index (χ1) is 11.5. The number of aromatic amines is 1. The summed E-state index contributed by atoms with van der Waals surface area (Å²) in [4.78, 5) is 22.3. The topological polar surface area (TPSA) is 95.6 Å². The van der Waals surface area contributed by atoms with Gasteiger partial charge in [-0.15, -0.1) is 0 Å². The highest BCUT2D eigenvalue weighted by atomic mass is 32.1. The smallest absolute Gasteiger partial charge is 0.221 e. The third-order valence-corrected chi connectivity index (χ3v) is 3.65. The fourth-order valence-corrected chi connectivity index (χ4v) is 2.66. The zero-order valence-corrected chi connectivity index (χ0v) is 14.6. The molecule has 1 heterocycles. The predicted molar refractivity (Wildman–Crippen MR) is 103 cm³/mol. The maximum atomic E-state index is 11.2. The number of rotatable bonds is 4. The Balaban J connectivity index is 2.70. The number of hydrogen-bond donors (Lipinski definition) is 3. The average molecular weight is 341 g/mol. The van der Waals surface area contributed by atoms with Gasteiger partial charge in [0.2, 0.25) is 5.91 Å². The largest absolute Gasteiger partial charge is 0.385 e. The number of nitrogens with one attached hydrogen (secondary N) is 2. The molecule has 0 fully saturated rings. The number of amides is 1. The van der Waals surface area contributed by atoms with Gasteiger partial charge < -0.3 is 16.0 Å². The van der Waals surface area contributed by atoms with Crippen molar-refractivity contribution in [3.05, 3.63) is 40.0 Å². The quantitative estimate of drug-likeness (QED) is 0.589. The molecule has 1 aromatic carbocycles. The van der Waals surface area contributed by atoms with E-state index in [0.29, 0.717) is 10.5 Å². The van der Waals surface area contributed by atoms with Crippen LogP contribution in [0.1, 0.15) is 18.1 Å². The molecule has 0 aliphatic heterocycles. The van der Waals surface area contributed by atoms with Crippen molar-refractivity contribution in [1.29, 1.82) is 0 Å². The van der Waals surface area contributed by atoms with Crippen molar-refractivity contribution >= 4 is 42.1 Å². The lowest BCUT2D eigenvalue weighted by atomic mass is 9.96. The monoisotopic (exact) mass is 341 g/mol. The molecule has 7 heteroatoms. The summed E-state index contributed by atoms with van der Waals surface area (Å²) in [5.74, 6) is 0.326. The molecule has 0 atom stereocenters. The Hall–Kier alpha value is -2.80. The highest BCUT2D eigenvalue weighted by molar-refractivity contribution is 7.71. The Morgan fingerprint density at radius 1 is 1.17 bits per heavy atom. The van der Waals surface area contributed by atoms with Gasteiger partial charge in [0.05, 0.1) is 0 Å². The molecule has 1 aromatic heterocycles. The molecule has 1 amide bonds. The maximum absolute atomic E-state index is 11.2. The predicted octanol–water partition coefficient (Wildman–Crippen LogP) is 3.05. The van der Waals surface area contributed by atoms with E-state index in [0.717, 1.165) is 27.9 Å². The van der Waals surface area contributed by atoms with Gasteiger partial charge in [-0.1, -0.05) is 24.4 Å². The first-order valence-corrected chi connectivity index (χ1v) is 7.66. The minimum atomic E-state index is -0.119. The van der Waals surface area contributed by atoms with Crippen molar-refractivity contribution in [3.63, 3.8) is 0 Å². The molecule has 2 rings (SSSR count). The highest BCUT2D eigenvalue weighted by Crippen LogP contribution is 2.30. The zero-order chi connectivity index (χ0) is 17.7. The molecule has 124 valence electrons. The normalized spacial score (nSPS) is 11.3. The second-order valence-corrected chi connectivity index (χ2v) is 5.51. The molecular weight excluding hydrogens is 322 g/mol. The summed E-state index contributed by atoms with van der Waals surface area (Å²) >= 11 is 5.39. The van der Waals surface area contributed by atoms with Crippen LogP contribution in [0, 0.1) is 4.64 Å². The minimum Gasteiger partial charge on any atom is -0.385 e. The van der Waals surface area contributed by atoms with E-state index in [9.17, 15) is 4.79 Å². The van der Waals surface area contributed by atoms with Crippen LogP contribution in [0.5, 0.6) is 0 Å². The number of hydrogen-bond acceptors (Lipinski definition) is 5. The van der Waals surface area contributed by atoms with E-state index in [2.05, 4.69) is 20.3 Å². The number of nitrogens with zero attached hydrogens (tertiary/aromatic N) is 2. The summed E-state index contributed by atoms with van der Waals surface area (Å²) in [6.07, 6.45) is 3.38. The molecular formula is C17H19N5OS. The van der Waals surface area contributed by atoms with Gasteiger partial charge in [0.1, 0.15) is 10.5 Å². The van der Waals surface area contributed by atoms with E-state index in [1.54, 1.807) is 26.5 Å². The Labute approximate surface area is 145 Å². The lowest BCUT2D eigenvalue weighted by Crippen LogP contribution is -2.06. The molecule has 2 aromatic rings. The van der Waals surface area contributed by atoms with Crippen LogP contribution in [0.3, 0.4) is 0 Å². The number of carbonyl (C=O) groups is 1. The van der Waals surface area contributed by atoms with Crippen LogP contribution in [0.2, 0.25) is 0 Å². The van der Waals surface area contributed by atoms with E-state index < -0.39 is 0 Å². The Morgan fingerprint density at radius 3 is 2.29 bits per heavy atom. The Kier molecular flexibility index (Phi) is 5.59. The molecule has 0 radical (unpaired) electrons. The highest BCUT2D eigenvalue weighted by Gasteiger charge is 2.14. The van der Waals surface area contributed by atoms with Gasteiger partial charge in [-0.05, 0) is 17.7 Å². The fourth-order valence-electron chi connectivity index (χ4n) is 2.40. The number of H-pyrrole nitrogens is 1. The summed E-state index contributed by atoms with van der Waals surface area (Å²) in [5.41, 5.74) is 10.1. The lowest BCUT2D eigenvalue weighted by molar-refractivity contribution is -0.114. The molecule has 24 heavy (non-hydrogen) atoms. The molecule has 0 aliphatic carbocycles. The van der Waals surface area contributed by atoms with Crippen LogP contribution in [0.25, 0.3) is 11.1 Å². The summed E-state index contributed by atoms with van der Waals surface area (Å²) < 4.78 is 0.507. The van der Waals surface area contributed by atoms with Crippen LogP contribution >= 0.6 is 12.2 Å². The molecule has 0 bridgehead atoms. The fraction of sp³-hybridized carbons (Fsp3) is 0.176. The van der Waals surface area contributed by atoms with Crippen LogP contribution in [-0.4, -0.2) is 37.4 Å². The van der Waals surface area contributed by atoms with Crippen LogP contribution in [0.15, 0.2) is 34.3 Å². The molecule has 6 nitrogen and oxygen atoms in total. The van der Waals surface area contributed by atoms with E-state index in [1.807, 2.05) is 24.3 Å². The number of pyridine rings is 1. The standard InChI is InChI=1S/C17H19N5OS/c1-10(23)21-12-6-4-11(5-7-12)15-13(8-19-2)16(18)22-17(24)14(15)9-20-3/h4-9H,1-3H3,(H,21,23)(H3,18,22,24). The van der Waals surface area contributed by atoms with E-state index in [1.165, 1.54) is 6.92 Å². The summed E-state index contributed by atoms with van der Waals surface area (Å²) in [6, 6.07) is 7.45. The van der Waals surface area contributed by atoms with Gasteiger partial charge in [0.25, 0.3) is 0 Å². The van der Waals surface area contributed by atoms with Crippen LogP contribution in [0.4, 0.5) is 11.5 Å². The average Bonchev–Trinajstić information content (AvgIpc) is 2.53. The van der Waals surface area contributed by atoms with Crippen molar-refractivity contribution in [3.8, 4) is 11.1 Å². The van der Waals surface area contributed by atoms with Gasteiger partial charge in [-0.25, -0.2) is 0 Å². The summed E-state index contributed by atoms with van der Waals surface area (Å²) in [7, 11) is 3.36. The summed E-state index contributed by atoms with van der Waals surface area (Å²) in [6.45, 7) is 1.47. The lowest BCUT2D eigenvalue weighted by Gasteiger charge is -2.14. The van der Waals surface area contributed by atoms with Crippen molar-refractivity contribution in [2.75, 3.05) is 25.1 Å². The number of nitrogen functional groups attached to an aromatic ring is 1. The Morgan fingerprint density at radius 2 is 1.75 bits per heavy atom. The molecule has 0 unspecified atom stereocenters. The molecule has 4 N–H and O–H groups in total. The van der Waals surface area contributed by atoms with Crippen molar-refractivity contribution in [1.82, 2.24) is 4.98 Å².